The molecule has 0 aliphatic carbocycles. The molecule has 11 nitrogen and oxygen atoms in total. The SMILES string of the molecule is Cc1noc(C)c1S(=O)(=O)N1CCN(C(=O)c2ccc(-n3cnnn3)cc2)CC1. The van der Waals surface area contributed by atoms with Crippen LogP contribution in [0.4, 0.5) is 0 Å². The molecule has 0 saturated carbocycles. The molecule has 3 heterocycles. The van der Waals surface area contributed by atoms with Gasteiger partial charge in [-0.15, -0.1) is 5.10 Å². The Hall–Kier alpha value is -3.12. The van der Waals surface area contributed by atoms with E-state index in [1.54, 1.807) is 43.0 Å². The number of piperazine rings is 1. The molecule has 0 radical (unpaired) electrons. The highest BCUT2D eigenvalue weighted by atomic mass is 32.2. The van der Waals surface area contributed by atoms with E-state index in [9.17, 15) is 13.2 Å². The third-order valence-corrected chi connectivity index (χ3v) is 6.96. The van der Waals surface area contributed by atoms with Gasteiger partial charge in [0.05, 0.1) is 5.69 Å². The lowest BCUT2D eigenvalue weighted by Gasteiger charge is -2.34. The van der Waals surface area contributed by atoms with E-state index in [1.165, 1.54) is 15.3 Å². The number of aromatic nitrogens is 5. The predicted octanol–water partition coefficient (Wildman–Crippen LogP) is 0.414. The molecule has 3 aromatic rings. The lowest BCUT2D eigenvalue weighted by Crippen LogP contribution is -2.50. The van der Waals surface area contributed by atoms with E-state index in [0.717, 1.165) is 5.69 Å². The van der Waals surface area contributed by atoms with Gasteiger partial charge in [-0.25, -0.2) is 13.1 Å². The van der Waals surface area contributed by atoms with Crippen LogP contribution in [0.25, 0.3) is 5.69 Å². The minimum absolute atomic E-state index is 0.107. The standard InChI is InChI=1S/C17H19N7O4S/c1-12-16(13(2)28-19-12)29(26,27)23-9-7-22(8-10-23)17(25)14-3-5-15(6-4-14)24-11-18-20-21-24/h3-6,11H,7-10H2,1-2H3. The molecule has 29 heavy (non-hydrogen) atoms. The van der Waals surface area contributed by atoms with Gasteiger partial charge in [0.1, 0.15) is 16.9 Å². The van der Waals surface area contributed by atoms with Crippen LogP contribution in [0.15, 0.2) is 40.0 Å². The number of sulfonamides is 1. The minimum Gasteiger partial charge on any atom is -0.360 e. The van der Waals surface area contributed by atoms with Crippen LogP contribution in [-0.2, 0) is 10.0 Å². The van der Waals surface area contributed by atoms with E-state index in [0.29, 0.717) is 24.3 Å². The van der Waals surface area contributed by atoms with Crippen LogP contribution in [0.2, 0.25) is 0 Å². The van der Waals surface area contributed by atoms with Crippen LogP contribution >= 0.6 is 0 Å². The fourth-order valence-corrected chi connectivity index (χ4v) is 5.04. The molecule has 1 saturated heterocycles. The zero-order chi connectivity index (χ0) is 20.6. The van der Waals surface area contributed by atoms with Crippen molar-refractivity contribution in [3.8, 4) is 5.69 Å². The Labute approximate surface area is 166 Å². The van der Waals surface area contributed by atoms with E-state index in [-0.39, 0.29) is 29.7 Å². The second-order valence-electron chi connectivity index (χ2n) is 6.65. The van der Waals surface area contributed by atoms with Crippen LogP contribution in [0.1, 0.15) is 21.8 Å². The van der Waals surface area contributed by atoms with Crippen molar-refractivity contribution in [1.29, 1.82) is 0 Å². The van der Waals surface area contributed by atoms with E-state index >= 15 is 0 Å². The molecule has 0 bridgehead atoms. The maximum atomic E-state index is 12.9. The lowest BCUT2D eigenvalue weighted by molar-refractivity contribution is 0.0698. The van der Waals surface area contributed by atoms with Crippen LogP contribution in [0.5, 0.6) is 0 Å². The number of rotatable bonds is 4. The van der Waals surface area contributed by atoms with Gasteiger partial charge in [-0.05, 0) is 48.5 Å². The molecule has 0 unspecified atom stereocenters. The largest absolute Gasteiger partial charge is 0.360 e. The zero-order valence-corrected chi connectivity index (χ0v) is 16.7. The third-order valence-electron chi connectivity index (χ3n) is 4.82. The summed E-state index contributed by atoms with van der Waals surface area (Å²) in [6.07, 6.45) is 1.47. The average molecular weight is 417 g/mol. The van der Waals surface area contributed by atoms with Crippen LogP contribution in [-0.4, -0.2) is 75.1 Å². The maximum Gasteiger partial charge on any atom is 0.253 e. The van der Waals surface area contributed by atoms with Gasteiger partial charge in [0.25, 0.3) is 5.91 Å². The van der Waals surface area contributed by atoms with Crippen molar-refractivity contribution in [2.24, 2.45) is 0 Å². The molecule has 12 heteroatoms. The van der Waals surface area contributed by atoms with Crippen molar-refractivity contribution in [3.63, 3.8) is 0 Å². The second kappa shape index (κ2) is 7.37. The summed E-state index contributed by atoms with van der Waals surface area (Å²) in [6, 6.07) is 6.90. The number of carbonyl (C=O) groups excluding carboxylic acids is 1. The molecule has 1 fully saturated rings. The number of hydrogen-bond acceptors (Lipinski definition) is 8. The molecule has 2 aromatic heterocycles. The van der Waals surface area contributed by atoms with Crippen LogP contribution in [0, 0.1) is 13.8 Å². The fraction of sp³-hybridized carbons (Fsp3) is 0.353. The second-order valence-corrected chi connectivity index (χ2v) is 8.53. The number of hydrogen-bond donors (Lipinski definition) is 0. The highest BCUT2D eigenvalue weighted by Crippen LogP contribution is 2.24. The van der Waals surface area contributed by atoms with Crippen LogP contribution in [0.3, 0.4) is 0 Å². The Morgan fingerprint density at radius 3 is 2.31 bits per heavy atom. The highest BCUT2D eigenvalue weighted by Gasteiger charge is 2.34. The summed E-state index contributed by atoms with van der Waals surface area (Å²) in [5.41, 5.74) is 1.59. The van der Waals surface area contributed by atoms with Crippen LogP contribution < -0.4 is 0 Å². The van der Waals surface area contributed by atoms with Crippen molar-refractivity contribution >= 4 is 15.9 Å². The molecule has 1 aromatic carbocycles. The minimum atomic E-state index is -3.71. The Balaban J connectivity index is 1.43. The topological polar surface area (TPSA) is 127 Å². The summed E-state index contributed by atoms with van der Waals surface area (Å²) < 4.78 is 33.6. The van der Waals surface area contributed by atoms with Crippen molar-refractivity contribution in [2.75, 3.05) is 26.2 Å². The van der Waals surface area contributed by atoms with Gasteiger partial charge >= 0.3 is 0 Å². The Kier molecular flexibility index (Phi) is 4.88. The van der Waals surface area contributed by atoms with Gasteiger partial charge in [-0.3, -0.25) is 4.79 Å². The van der Waals surface area contributed by atoms with Crippen molar-refractivity contribution in [3.05, 3.63) is 47.6 Å². The zero-order valence-electron chi connectivity index (χ0n) is 15.9. The normalized spacial score (nSPS) is 15.6. The number of benzene rings is 1. The van der Waals surface area contributed by atoms with Crippen molar-refractivity contribution in [1.82, 2.24) is 34.6 Å². The smallest absolute Gasteiger partial charge is 0.253 e. The van der Waals surface area contributed by atoms with Gasteiger partial charge in [-0.1, -0.05) is 5.16 Å². The van der Waals surface area contributed by atoms with Gasteiger partial charge in [-0.2, -0.15) is 4.31 Å². The Bertz CT molecular complexity index is 1100. The number of tetrazole rings is 1. The molecule has 0 N–H and O–H groups in total. The number of nitrogens with zero attached hydrogens (tertiary/aromatic N) is 7. The van der Waals surface area contributed by atoms with E-state index in [2.05, 4.69) is 20.7 Å². The summed E-state index contributed by atoms with van der Waals surface area (Å²) in [4.78, 5) is 14.5. The van der Waals surface area contributed by atoms with Gasteiger partial charge < -0.3 is 9.42 Å². The highest BCUT2D eigenvalue weighted by molar-refractivity contribution is 7.89. The fourth-order valence-electron chi connectivity index (χ4n) is 3.32. The summed E-state index contributed by atoms with van der Waals surface area (Å²) in [7, 11) is -3.71. The molecule has 152 valence electrons. The monoisotopic (exact) mass is 417 g/mol. The predicted molar refractivity (Wildman–Crippen MR) is 99.8 cm³/mol. The Morgan fingerprint density at radius 2 is 1.76 bits per heavy atom. The maximum absolute atomic E-state index is 12.9. The van der Waals surface area contributed by atoms with E-state index in [1.807, 2.05) is 0 Å². The number of carbonyl (C=O) groups is 1. The Morgan fingerprint density at radius 1 is 1.07 bits per heavy atom. The molecular weight excluding hydrogens is 398 g/mol. The summed E-state index contributed by atoms with van der Waals surface area (Å²) >= 11 is 0. The quantitative estimate of drug-likeness (QED) is 0.597. The first-order valence-corrected chi connectivity index (χ1v) is 10.4. The lowest BCUT2D eigenvalue weighted by atomic mass is 10.1. The first-order valence-electron chi connectivity index (χ1n) is 8.93. The van der Waals surface area contributed by atoms with Gasteiger partial charge in [0, 0.05) is 31.7 Å². The molecule has 4 rings (SSSR count). The molecule has 1 aliphatic rings. The van der Waals surface area contributed by atoms with E-state index in [4.69, 9.17) is 4.52 Å². The number of amides is 1. The van der Waals surface area contributed by atoms with E-state index < -0.39 is 10.0 Å². The molecular formula is C17H19N7O4S. The third kappa shape index (κ3) is 3.51. The summed E-state index contributed by atoms with van der Waals surface area (Å²) in [5, 5.41) is 14.7. The summed E-state index contributed by atoms with van der Waals surface area (Å²) in [6.45, 7) is 4.20. The molecule has 1 amide bonds. The molecule has 0 spiro atoms. The summed E-state index contributed by atoms with van der Waals surface area (Å²) in [5.74, 6) is 0.117. The van der Waals surface area contributed by atoms with Crippen molar-refractivity contribution < 1.29 is 17.7 Å². The van der Waals surface area contributed by atoms with Gasteiger partial charge in [0.15, 0.2) is 5.76 Å². The van der Waals surface area contributed by atoms with Gasteiger partial charge in [0.2, 0.25) is 10.0 Å². The number of aryl methyl sites for hydroxylation is 2. The van der Waals surface area contributed by atoms with Crippen molar-refractivity contribution in [2.45, 2.75) is 18.7 Å². The first-order chi connectivity index (χ1) is 13.9. The molecule has 0 atom stereocenters. The first kappa shape index (κ1) is 19.2. The average Bonchev–Trinajstić information content (AvgIpc) is 3.38. The molecule has 1 aliphatic heterocycles.